The van der Waals surface area contributed by atoms with E-state index in [0.29, 0.717) is 41.9 Å². The van der Waals surface area contributed by atoms with Crippen molar-refractivity contribution >= 4 is 5.91 Å². The molecule has 0 N–H and O–H groups in total. The van der Waals surface area contributed by atoms with Crippen molar-refractivity contribution in [2.75, 3.05) is 20.7 Å². The summed E-state index contributed by atoms with van der Waals surface area (Å²) in [6.45, 7) is 3.13. The van der Waals surface area contributed by atoms with Crippen molar-refractivity contribution in [2.45, 2.75) is 13.5 Å². The summed E-state index contributed by atoms with van der Waals surface area (Å²) in [4.78, 5) is 18.5. The molecule has 0 saturated heterocycles. The predicted octanol–water partition coefficient (Wildman–Crippen LogP) is 1.53. The molecule has 1 aromatic carbocycles. The van der Waals surface area contributed by atoms with Crippen LogP contribution in [0.3, 0.4) is 0 Å². The standard InChI is InChI=1S/C17H18N6O2/c1-11-18-16(23(19-11)13-6-4-5-7-15(13)25-3)12-10-14-17(24)21(2)8-9-22(14)20-12/h4-7,10H,8-9H2,1-3H3. The van der Waals surface area contributed by atoms with Gasteiger partial charge in [0.2, 0.25) is 0 Å². The number of methoxy groups -OCH3 is 1. The molecule has 0 aliphatic carbocycles. The van der Waals surface area contributed by atoms with Crippen molar-refractivity contribution in [3.63, 3.8) is 0 Å². The van der Waals surface area contributed by atoms with E-state index in [2.05, 4.69) is 15.2 Å². The summed E-state index contributed by atoms with van der Waals surface area (Å²) in [7, 11) is 3.41. The third-order valence-electron chi connectivity index (χ3n) is 4.25. The van der Waals surface area contributed by atoms with Gasteiger partial charge in [-0.15, -0.1) is 0 Å². The number of carbonyl (C=O) groups excluding carboxylic acids is 1. The summed E-state index contributed by atoms with van der Waals surface area (Å²) in [5.41, 5.74) is 1.95. The fourth-order valence-corrected chi connectivity index (χ4v) is 2.96. The minimum Gasteiger partial charge on any atom is -0.494 e. The van der Waals surface area contributed by atoms with Crippen LogP contribution < -0.4 is 4.74 Å². The Morgan fingerprint density at radius 1 is 1.16 bits per heavy atom. The van der Waals surface area contributed by atoms with Gasteiger partial charge in [-0.3, -0.25) is 9.48 Å². The van der Waals surface area contributed by atoms with E-state index in [-0.39, 0.29) is 5.91 Å². The smallest absolute Gasteiger partial charge is 0.271 e. The third kappa shape index (κ3) is 2.46. The van der Waals surface area contributed by atoms with Crippen LogP contribution in [0.25, 0.3) is 17.2 Å². The van der Waals surface area contributed by atoms with Gasteiger partial charge in [-0.1, -0.05) is 12.1 Å². The van der Waals surface area contributed by atoms with Crippen molar-refractivity contribution < 1.29 is 9.53 Å². The number of hydrogen-bond donors (Lipinski definition) is 0. The second-order valence-electron chi connectivity index (χ2n) is 5.93. The molecule has 3 aromatic rings. The molecule has 0 fully saturated rings. The molecule has 128 valence electrons. The number of benzene rings is 1. The predicted molar refractivity (Wildman–Crippen MR) is 90.8 cm³/mol. The molecule has 1 aliphatic rings. The van der Waals surface area contributed by atoms with Crippen LogP contribution in [0.4, 0.5) is 0 Å². The maximum Gasteiger partial charge on any atom is 0.271 e. The van der Waals surface area contributed by atoms with Gasteiger partial charge in [-0.05, 0) is 19.1 Å². The second kappa shape index (κ2) is 5.73. The van der Waals surface area contributed by atoms with Crippen LogP contribution in [0.2, 0.25) is 0 Å². The van der Waals surface area contributed by atoms with E-state index >= 15 is 0 Å². The molecule has 0 unspecified atom stereocenters. The average molecular weight is 338 g/mol. The monoisotopic (exact) mass is 338 g/mol. The molecule has 8 nitrogen and oxygen atoms in total. The van der Waals surface area contributed by atoms with Crippen molar-refractivity contribution in [2.24, 2.45) is 0 Å². The number of aromatic nitrogens is 5. The minimum atomic E-state index is -0.0370. The number of ether oxygens (including phenoxy) is 1. The van der Waals surface area contributed by atoms with E-state index in [9.17, 15) is 4.79 Å². The molecule has 8 heteroatoms. The molecule has 1 aliphatic heterocycles. The Kier molecular flexibility index (Phi) is 3.52. The maximum absolute atomic E-state index is 12.3. The van der Waals surface area contributed by atoms with Gasteiger partial charge in [0.15, 0.2) is 5.82 Å². The zero-order valence-electron chi connectivity index (χ0n) is 14.3. The number of nitrogens with zero attached hydrogens (tertiary/aromatic N) is 6. The first kappa shape index (κ1) is 15.4. The Morgan fingerprint density at radius 3 is 2.76 bits per heavy atom. The van der Waals surface area contributed by atoms with Gasteiger partial charge in [-0.2, -0.15) is 10.2 Å². The molecule has 0 spiro atoms. The summed E-state index contributed by atoms with van der Waals surface area (Å²) < 4.78 is 8.87. The van der Waals surface area contributed by atoms with E-state index in [1.165, 1.54) is 0 Å². The van der Waals surface area contributed by atoms with Gasteiger partial charge in [0.1, 0.15) is 28.6 Å². The van der Waals surface area contributed by atoms with Crippen LogP contribution in [0.1, 0.15) is 16.3 Å². The molecular formula is C17H18N6O2. The molecule has 0 bridgehead atoms. The zero-order valence-corrected chi connectivity index (χ0v) is 14.3. The number of fused-ring (bicyclic) bond motifs is 1. The van der Waals surface area contributed by atoms with Crippen LogP contribution in [0.5, 0.6) is 5.75 Å². The SMILES string of the molecule is COc1ccccc1-n1nc(C)nc1-c1cc2n(n1)CCN(C)C2=O. The number of likely N-dealkylation sites (N-methyl/N-ethyl adjacent to an activating group) is 1. The molecule has 1 amide bonds. The molecule has 0 radical (unpaired) electrons. The lowest BCUT2D eigenvalue weighted by molar-refractivity contribution is 0.0743. The topological polar surface area (TPSA) is 78.1 Å². The molecule has 0 atom stereocenters. The Bertz CT molecular complexity index is 958. The number of amides is 1. The molecular weight excluding hydrogens is 320 g/mol. The molecule has 4 rings (SSSR count). The minimum absolute atomic E-state index is 0.0370. The number of carbonyl (C=O) groups is 1. The van der Waals surface area contributed by atoms with Crippen LogP contribution in [-0.2, 0) is 6.54 Å². The lowest BCUT2D eigenvalue weighted by Crippen LogP contribution is -2.37. The highest BCUT2D eigenvalue weighted by Gasteiger charge is 2.26. The third-order valence-corrected chi connectivity index (χ3v) is 4.25. The Balaban J connectivity index is 1.86. The summed E-state index contributed by atoms with van der Waals surface area (Å²) in [5.74, 6) is 1.85. The zero-order chi connectivity index (χ0) is 17.6. The van der Waals surface area contributed by atoms with E-state index in [1.807, 2.05) is 31.2 Å². The van der Waals surface area contributed by atoms with Gasteiger partial charge >= 0.3 is 0 Å². The first-order valence-corrected chi connectivity index (χ1v) is 7.99. The number of hydrogen-bond acceptors (Lipinski definition) is 5. The molecule has 25 heavy (non-hydrogen) atoms. The van der Waals surface area contributed by atoms with E-state index in [0.717, 1.165) is 5.69 Å². The lowest BCUT2D eigenvalue weighted by Gasteiger charge is -2.22. The Hall–Kier alpha value is -3.16. The number of aryl methyl sites for hydroxylation is 1. The summed E-state index contributed by atoms with van der Waals surface area (Å²) in [6, 6.07) is 9.36. The van der Waals surface area contributed by atoms with Crippen LogP contribution in [-0.4, -0.2) is 56.1 Å². The summed E-state index contributed by atoms with van der Waals surface area (Å²) in [5, 5.41) is 9.05. The van der Waals surface area contributed by atoms with E-state index < -0.39 is 0 Å². The molecule has 3 heterocycles. The largest absolute Gasteiger partial charge is 0.494 e. The van der Waals surface area contributed by atoms with Crippen molar-refractivity contribution in [1.29, 1.82) is 0 Å². The average Bonchev–Trinajstić information content (AvgIpc) is 3.22. The highest BCUT2D eigenvalue weighted by molar-refractivity contribution is 5.94. The molecule has 2 aromatic heterocycles. The normalized spacial score (nSPS) is 13.9. The fourth-order valence-electron chi connectivity index (χ4n) is 2.96. The van der Waals surface area contributed by atoms with Gasteiger partial charge < -0.3 is 9.64 Å². The maximum atomic E-state index is 12.3. The van der Waals surface area contributed by atoms with Crippen molar-refractivity contribution in [3.8, 4) is 23.0 Å². The van der Waals surface area contributed by atoms with Crippen LogP contribution in [0, 0.1) is 6.92 Å². The highest BCUT2D eigenvalue weighted by atomic mass is 16.5. The lowest BCUT2D eigenvalue weighted by atomic mass is 10.2. The number of para-hydroxylation sites is 2. The molecule has 0 saturated carbocycles. The Morgan fingerprint density at radius 2 is 1.96 bits per heavy atom. The van der Waals surface area contributed by atoms with Gasteiger partial charge in [0.25, 0.3) is 5.91 Å². The van der Waals surface area contributed by atoms with E-state index in [1.54, 1.807) is 34.5 Å². The Labute approximate surface area is 144 Å². The van der Waals surface area contributed by atoms with Crippen molar-refractivity contribution in [1.82, 2.24) is 29.4 Å². The second-order valence-corrected chi connectivity index (χ2v) is 5.93. The van der Waals surface area contributed by atoms with Crippen molar-refractivity contribution in [3.05, 3.63) is 41.9 Å². The van der Waals surface area contributed by atoms with Gasteiger partial charge in [-0.25, -0.2) is 9.67 Å². The first-order valence-electron chi connectivity index (χ1n) is 7.99. The number of rotatable bonds is 3. The van der Waals surface area contributed by atoms with Gasteiger partial charge in [0.05, 0.1) is 13.7 Å². The van der Waals surface area contributed by atoms with Gasteiger partial charge in [0, 0.05) is 19.7 Å². The highest BCUT2D eigenvalue weighted by Crippen LogP contribution is 2.27. The quantitative estimate of drug-likeness (QED) is 0.724. The van der Waals surface area contributed by atoms with Crippen LogP contribution >= 0.6 is 0 Å². The summed E-state index contributed by atoms with van der Waals surface area (Å²) >= 11 is 0. The van der Waals surface area contributed by atoms with E-state index in [4.69, 9.17) is 4.74 Å². The summed E-state index contributed by atoms with van der Waals surface area (Å²) in [6.07, 6.45) is 0. The first-order chi connectivity index (χ1) is 12.1. The fraction of sp³-hybridized carbons (Fsp3) is 0.294. The van der Waals surface area contributed by atoms with Crippen LogP contribution in [0.15, 0.2) is 30.3 Å².